The van der Waals surface area contributed by atoms with E-state index < -0.39 is 5.41 Å². The van der Waals surface area contributed by atoms with Crippen molar-refractivity contribution in [3.8, 4) is 22.5 Å². The van der Waals surface area contributed by atoms with E-state index in [9.17, 15) is 0 Å². The summed E-state index contributed by atoms with van der Waals surface area (Å²) in [6, 6.07) is 81.7. The number of nitrogens with zero attached hydrogens (tertiary/aromatic N) is 5. The van der Waals surface area contributed by atoms with Crippen molar-refractivity contribution in [1.82, 2.24) is 9.97 Å². The molecule has 5 heteroatoms. The van der Waals surface area contributed by atoms with Gasteiger partial charge in [-0.1, -0.05) is 129 Å². The van der Waals surface area contributed by atoms with Crippen molar-refractivity contribution in [3.63, 3.8) is 0 Å². The second-order valence-corrected chi connectivity index (χ2v) is 18.2. The van der Waals surface area contributed by atoms with Crippen molar-refractivity contribution in [3.05, 3.63) is 270 Å². The molecule has 0 atom stereocenters. The average molecular weight is 860 g/mol. The Morgan fingerprint density at radius 3 is 1.24 bits per heavy atom. The molecule has 0 unspecified atom stereocenters. The molecule has 0 saturated carbocycles. The van der Waals surface area contributed by atoms with Gasteiger partial charge in [-0.05, 0) is 154 Å². The predicted octanol–water partition coefficient (Wildman–Crippen LogP) is 15.9. The zero-order chi connectivity index (χ0) is 44.7. The van der Waals surface area contributed by atoms with E-state index in [1.807, 2.05) is 12.4 Å². The first kappa shape index (κ1) is 38.9. The highest BCUT2D eigenvalue weighted by Crippen LogP contribution is 2.64. The summed E-state index contributed by atoms with van der Waals surface area (Å²) in [5.74, 6) is 0. The van der Waals surface area contributed by atoms with Gasteiger partial charge in [0.05, 0.1) is 28.2 Å². The maximum atomic E-state index is 5.16. The maximum absolute atomic E-state index is 5.16. The Labute approximate surface area is 391 Å². The number of hydrogen-bond acceptors (Lipinski definition) is 5. The number of hydrogen-bond donors (Lipinski definition) is 0. The quantitative estimate of drug-likeness (QED) is 0.160. The molecule has 1 spiro atoms. The second-order valence-electron chi connectivity index (χ2n) is 18.2. The molecular formula is C62H45N5. The topological polar surface area (TPSA) is 35.5 Å². The monoisotopic (exact) mass is 859 g/mol. The molecule has 0 fully saturated rings. The van der Waals surface area contributed by atoms with Gasteiger partial charge >= 0.3 is 0 Å². The fraction of sp³-hybridized carbons (Fsp3) is 0.0645. The first-order valence-electron chi connectivity index (χ1n) is 23.1. The fourth-order valence-corrected chi connectivity index (χ4v) is 11.4. The third-order valence-corrected chi connectivity index (χ3v) is 14.3. The first-order valence-corrected chi connectivity index (χ1v) is 23.1. The van der Waals surface area contributed by atoms with E-state index >= 15 is 0 Å². The van der Waals surface area contributed by atoms with Crippen LogP contribution in [0.2, 0.25) is 0 Å². The number of benzene rings is 8. The van der Waals surface area contributed by atoms with Gasteiger partial charge in [-0.15, -0.1) is 0 Å². The maximum Gasteiger partial charge on any atom is 0.0937 e. The molecule has 0 bridgehead atoms. The van der Waals surface area contributed by atoms with Gasteiger partial charge < -0.3 is 14.7 Å². The molecule has 0 saturated heterocycles. The zero-order valence-corrected chi connectivity index (χ0v) is 37.3. The molecule has 10 aromatic rings. The van der Waals surface area contributed by atoms with E-state index in [2.05, 4.69) is 253 Å². The third kappa shape index (κ3) is 5.74. The highest BCUT2D eigenvalue weighted by molar-refractivity contribution is 5.98. The van der Waals surface area contributed by atoms with Crippen LogP contribution in [0.5, 0.6) is 0 Å². The first-order chi connectivity index (χ1) is 33.0. The zero-order valence-electron chi connectivity index (χ0n) is 37.3. The normalized spacial score (nSPS) is 14.0. The molecule has 8 aromatic carbocycles. The number of pyridine rings is 2. The molecule has 67 heavy (non-hydrogen) atoms. The van der Waals surface area contributed by atoms with E-state index in [0.717, 1.165) is 84.8 Å². The molecule has 3 heterocycles. The Morgan fingerprint density at radius 2 is 0.761 bits per heavy atom. The van der Waals surface area contributed by atoms with Gasteiger partial charge in [0.15, 0.2) is 0 Å². The summed E-state index contributed by atoms with van der Waals surface area (Å²) in [7, 11) is 0. The van der Waals surface area contributed by atoms with Gasteiger partial charge in [0.1, 0.15) is 0 Å². The fourth-order valence-electron chi connectivity index (χ4n) is 11.4. The van der Waals surface area contributed by atoms with Gasteiger partial charge in [0.2, 0.25) is 0 Å². The summed E-state index contributed by atoms with van der Waals surface area (Å²) >= 11 is 0. The van der Waals surface area contributed by atoms with Crippen LogP contribution in [0.1, 0.15) is 47.2 Å². The molecule has 0 radical (unpaired) electrons. The minimum Gasteiger partial charge on any atom is -0.310 e. The highest BCUT2D eigenvalue weighted by Gasteiger charge is 2.53. The van der Waals surface area contributed by atoms with E-state index in [4.69, 9.17) is 9.97 Å². The summed E-state index contributed by atoms with van der Waals surface area (Å²) < 4.78 is 0. The van der Waals surface area contributed by atoms with Gasteiger partial charge in [-0.25, -0.2) is 0 Å². The summed E-state index contributed by atoms with van der Waals surface area (Å²) in [4.78, 5) is 17.6. The minimum atomic E-state index is -0.815. The number of fused-ring (bicyclic) bond motifs is 12. The Kier molecular flexibility index (Phi) is 8.71. The second kappa shape index (κ2) is 15.0. The third-order valence-electron chi connectivity index (χ3n) is 14.3. The molecule has 2 aromatic heterocycles. The van der Waals surface area contributed by atoms with Crippen LogP contribution >= 0.6 is 0 Å². The predicted molar refractivity (Wildman–Crippen MR) is 275 cm³/mol. The van der Waals surface area contributed by atoms with Gasteiger partial charge in [0, 0.05) is 57.6 Å². The SMILES string of the molecule is CC1(C)c2ccccc2-c2ccc(N3c4ccc(N(c5ccccc5)c5ccccc5)cc4C4(c5cc(N(c6ccccc6)c6ccccc6)ccc53)c3cccnc3-c3ncccc34)cc21. The summed E-state index contributed by atoms with van der Waals surface area (Å²) in [5, 5.41) is 0. The summed E-state index contributed by atoms with van der Waals surface area (Å²) in [5.41, 5.74) is 20.4. The molecule has 5 nitrogen and oxygen atoms in total. The molecule has 318 valence electrons. The van der Waals surface area contributed by atoms with Crippen molar-refractivity contribution in [2.75, 3.05) is 14.7 Å². The van der Waals surface area contributed by atoms with Crippen LogP contribution in [-0.4, -0.2) is 9.97 Å². The lowest BCUT2D eigenvalue weighted by Gasteiger charge is -2.46. The Morgan fingerprint density at radius 1 is 0.343 bits per heavy atom. The van der Waals surface area contributed by atoms with Gasteiger partial charge in [-0.3, -0.25) is 9.97 Å². The molecule has 13 rings (SSSR count). The van der Waals surface area contributed by atoms with Crippen molar-refractivity contribution in [1.29, 1.82) is 0 Å². The number of para-hydroxylation sites is 4. The minimum absolute atomic E-state index is 0.184. The molecule has 2 aliphatic carbocycles. The Bertz CT molecular complexity index is 3250. The van der Waals surface area contributed by atoms with Crippen molar-refractivity contribution < 1.29 is 0 Å². The average Bonchev–Trinajstić information content (AvgIpc) is 3.81. The van der Waals surface area contributed by atoms with Crippen molar-refractivity contribution in [2.24, 2.45) is 0 Å². The van der Waals surface area contributed by atoms with Crippen molar-refractivity contribution >= 4 is 51.2 Å². The molecule has 3 aliphatic rings. The largest absolute Gasteiger partial charge is 0.310 e. The lowest BCUT2D eigenvalue weighted by Crippen LogP contribution is -2.37. The lowest BCUT2D eigenvalue weighted by molar-refractivity contribution is 0.660. The van der Waals surface area contributed by atoms with Crippen LogP contribution < -0.4 is 14.7 Å². The molecule has 0 amide bonds. The standard InChI is InChI=1S/C62H45N5/c1-61(2)51-28-16-15-27-49(51)50-34-31-48(39-54(50)61)67-57-35-32-46(65(42-19-7-3-8-20-42)43-21-9-4-10-22-43)40-55(57)62(52-29-17-37-63-59(52)60-53(62)30-18-38-64-60)56-41-47(33-36-58(56)67)66(44-23-11-5-12-24-44)45-25-13-6-14-26-45/h3-41H,1-2H3. The van der Waals surface area contributed by atoms with Crippen LogP contribution in [0, 0.1) is 0 Å². The van der Waals surface area contributed by atoms with Crippen LogP contribution in [0.3, 0.4) is 0 Å². The molecule has 0 N–H and O–H groups in total. The van der Waals surface area contributed by atoms with Gasteiger partial charge in [-0.2, -0.15) is 0 Å². The summed E-state index contributed by atoms with van der Waals surface area (Å²) in [6.07, 6.45) is 3.81. The van der Waals surface area contributed by atoms with Crippen LogP contribution in [0.25, 0.3) is 22.5 Å². The van der Waals surface area contributed by atoms with E-state index in [1.54, 1.807) is 0 Å². The smallest absolute Gasteiger partial charge is 0.0937 e. The Balaban J connectivity index is 1.15. The number of anilines is 9. The van der Waals surface area contributed by atoms with Gasteiger partial charge in [0.25, 0.3) is 0 Å². The van der Waals surface area contributed by atoms with E-state index in [1.165, 1.54) is 22.3 Å². The Hall–Kier alpha value is -8.54. The number of aromatic nitrogens is 2. The van der Waals surface area contributed by atoms with E-state index in [0.29, 0.717) is 0 Å². The number of rotatable bonds is 7. The molecule has 1 aliphatic heterocycles. The molecular weight excluding hydrogens is 815 g/mol. The summed E-state index contributed by atoms with van der Waals surface area (Å²) in [6.45, 7) is 4.73. The van der Waals surface area contributed by atoms with E-state index in [-0.39, 0.29) is 5.41 Å². The highest BCUT2D eigenvalue weighted by atomic mass is 15.2. The van der Waals surface area contributed by atoms with Crippen LogP contribution in [0.4, 0.5) is 51.2 Å². The lowest BCUT2D eigenvalue weighted by atomic mass is 9.64. The van der Waals surface area contributed by atoms with Crippen LogP contribution in [-0.2, 0) is 10.8 Å². The van der Waals surface area contributed by atoms with Crippen LogP contribution in [0.15, 0.2) is 237 Å². The van der Waals surface area contributed by atoms with Crippen molar-refractivity contribution in [2.45, 2.75) is 24.7 Å².